The summed E-state index contributed by atoms with van der Waals surface area (Å²) in [6.45, 7) is 8.22. The lowest BCUT2D eigenvalue weighted by Crippen LogP contribution is -2.29. The van der Waals surface area contributed by atoms with Crippen LogP contribution >= 0.6 is 23.1 Å². The minimum Gasteiger partial charge on any atom is -0.455 e. The van der Waals surface area contributed by atoms with Gasteiger partial charge in [-0.1, -0.05) is 18.7 Å². The van der Waals surface area contributed by atoms with E-state index in [-0.39, 0.29) is 18.3 Å². The van der Waals surface area contributed by atoms with Gasteiger partial charge in [0.05, 0.1) is 5.75 Å². The molecule has 1 amide bonds. The molecule has 24 heavy (non-hydrogen) atoms. The van der Waals surface area contributed by atoms with Crippen molar-refractivity contribution < 1.29 is 14.3 Å². The molecule has 0 aromatic carbocycles. The van der Waals surface area contributed by atoms with Crippen molar-refractivity contribution in [3.63, 3.8) is 0 Å². The average Bonchev–Trinajstić information content (AvgIpc) is 2.82. The Labute approximate surface area is 149 Å². The molecule has 130 valence electrons. The molecule has 0 radical (unpaired) electrons. The minimum absolute atomic E-state index is 0.112. The third kappa shape index (κ3) is 4.67. The number of hydrogen-bond donors (Lipinski definition) is 1. The molecular formula is C16H21N3O3S2. The number of fused-ring (bicyclic) bond motifs is 1. The van der Waals surface area contributed by atoms with E-state index in [0.29, 0.717) is 12.4 Å². The molecule has 0 aliphatic heterocycles. The van der Waals surface area contributed by atoms with E-state index in [1.807, 2.05) is 20.8 Å². The van der Waals surface area contributed by atoms with Gasteiger partial charge in [0.25, 0.3) is 5.91 Å². The number of amides is 1. The molecular weight excluding hydrogens is 346 g/mol. The lowest BCUT2D eigenvalue weighted by molar-refractivity contribution is -0.145. The molecule has 0 saturated carbocycles. The maximum absolute atomic E-state index is 11.8. The topological polar surface area (TPSA) is 81.2 Å². The second kappa shape index (κ2) is 8.43. The van der Waals surface area contributed by atoms with Gasteiger partial charge in [-0.05, 0) is 32.8 Å². The highest BCUT2D eigenvalue weighted by Gasteiger charge is 2.16. The van der Waals surface area contributed by atoms with Gasteiger partial charge in [-0.15, -0.1) is 11.3 Å². The first-order valence-corrected chi connectivity index (χ1v) is 9.52. The van der Waals surface area contributed by atoms with E-state index in [4.69, 9.17) is 4.74 Å². The molecule has 0 aliphatic rings. The van der Waals surface area contributed by atoms with Gasteiger partial charge >= 0.3 is 5.97 Å². The van der Waals surface area contributed by atoms with Crippen molar-refractivity contribution in [2.45, 2.75) is 39.1 Å². The molecule has 2 heterocycles. The van der Waals surface area contributed by atoms with Gasteiger partial charge in [0.2, 0.25) is 0 Å². The SMILES string of the molecule is CCCNC(=O)COC(=O)CSc1nc(C)nc2sc(C)c(C)c12. The highest BCUT2D eigenvalue weighted by molar-refractivity contribution is 8.00. The largest absolute Gasteiger partial charge is 0.455 e. The van der Waals surface area contributed by atoms with Crippen LogP contribution in [0.25, 0.3) is 10.2 Å². The van der Waals surface area contributed by atoms with Crippen LogP contribution in [0, 0.1) is 20.8 Å². The summed E-state index contributed by atoms with van der Waals surface area (Å²) in [5.41, 5.74) is 1.14. The van der Waals surface area contributed by atoms with Crippen molar-refractivity contribution in [2.75, 3.05) is 18.9 Å². The van der Waals surface area contributed by atoms with Crippen molar-refractivity contribution in [3.05, 3.63) is 16.3 Å². The highest BCUT2D eigenvalue weighted by atomic mass is 32.2. The molecule has 2 aromatic rings. The monoisotopic (exact) mass is 367 g/mol. The second-order valence-corrected chi connectivity index (χ2v) is 7.51. The zero-order chi connectivity index (χ0) is 17.7. The smallest absolute Gasteiger partial charge is 0.316 e. The Bertz CT molecular complexity index is 759. The van der Waals surface area contributed by atoms with Crippen LogP contribution in [0.1, 0.15) is 29.6 Å². The van der Waals surface area contributed by atoms with E-state index < -0.39 is 5.97 Å². The molecule has 0 saturated heterocycles. The summed E-state index contributed by atoms with van der Waals surface area (Å²) in [5.74, 6) is 0.0833. The van der Waals surface area contributed by atoms with Gasteiger partial charge in [-0.2, -0.15) is 0 Å². The second-order valence-electron chi connectivity index (χ2n) is 5.34. The number of nitrogens with zero attached hydrogens (tertiary/aromatic N) is 2. The number of carbonyl (C=O) groups is 2. The summed E-state index contributed by atoms with van der Waals surface area (Å²) >= 11 is 2.95. The summed E-state index contributed by atoms with van der Waals surface area (Å²) in [6.07, 6.45) is 0.845. The summed E-state index contributed by atoms with van der Waals surface area (Å²) in [5, 5.41) is 4.45. The van der Waals surface area contributed by atoms with Crippen LogP contribution in [0.2, 0.25) is 0 Å². The molecule has 0 spiro atoms. The Morgan fingerprint density at radius 1 is 1.25 bits per heavy atom. The number of carbonyl (C=O) groups excluding carboxylic acids is 2. The van der Waals surface area contributed by atoms with Crippen molar-refractivity contribution in [1.29, 1.82) is 0 Å². The van der Waals surface area contributed by atoms with Crippen molar-refractivity contribution in [3.8, 4) is 0 Å². The number of thioether (sulfide) groups is 1. The third-order valence-corrected chi connectivity index (χ3v) is 5.42. The molecule has 0 unspecified atom stereocenters. The van der Waals surface area contributed by atoms with E-state index in [0.717, 1.165) is 27.2 Å². The van der Waals surface area contributed by atoms with E-state index in [2.05, 4.69) is 22.2 Å². The zero-order valence-corrected chi connectivity index (χ0v) is 15.9. The van der Waals surface area contributed by atoms with Gasteiger partial charge in [-0.3, -0.25) is 9.59 Å². The van der Waals surface area contributed by atoms with Gasteiger partial charge < -0.3 is 10.1 Å². The van der Waals surface area contributed by atoms with E-state index >= 15 is 0 Å². The third-order valence-electron chi connectivity index (χ3n) is 3.37. The number of ether oxygens (including phenoxy) is 1. The lowest BCUT2D eigenvalue weighted by Gasteiger charge is -2.07. The predicted octanol–water partition coefficient (Wildman–Crippen LogP) is 2.78. The van der Waals surface area contributed by atoms with Gasteiger partial charge in [0.1, 0.15) is 15.7 Å². The number of nitrogens with one attached hydrogen (secondary N) is 1. The quantitative estimate of drug-likeness (QED) is 0.460. The maximum atomic E-state index is 11.8. The standard InChI is InChI=1S/C16H21N3O3S2/c1-5-6-17-12(20)7-22-13(21)8-23-15-14-9(2)10(3)24-16(14)19-11(4)18-15/h5-8H2,1-4H3,(H,17,20). The van der Waals surface area contributed by atoms with Crippen LogP contribution in [0.5, 0.6) is 0 Å². The number of aromatic nitrogens is 2. The maximum Gasteiger partial charge on any atom is 0.316 e. The molecule has 2 aromatic heterocycles. The van der Waals surface area contributed by atoms with Crippen LogP contribution in [0.3, 0.4) is 0 Å². The van der Waals surface area contributed by atoms with Gasteiger partial charge in [0, 0.05) is 16.8 Å². The first-order valence-electron chi connectivity index (χ1n) is 7.71. The predicted molar refractivity (Wildman–Crippen MR) is 96.6 cm³/mol. The molecule has 6 nitrogen and oxygen atoms in total. The Hall–Kier alpha value is -1.67. The number of aryl methyl sites for hydroxylation is 3. The number of thiophene rings is 1. The van der Waals surface area contributed by atoms with Gasteiger partial charge in [0.15, 0.2) is 6.61 Å². The molecule has 1 N–H and O–H groups in total. The van der Waals surface area contributed by atoms with Crippen LogP contribution in [0.15, 0.2) is 5.03 Å². The zero-order valence-electron chi connectivity index (χ0n) is 14.3. The summed E-state index contributed by atoms with van der Waals surface area (Å²) < 4.78 is 4.99. The summed E-state index contributed by atoms with van der Waals surface area (Å²) in [4.78, 5) is 34.3. The van der Waals surface area contributed by atoms with Crippen LogP contribution in [0.4, 0.5) is 0 Å². The Morgan fingerprint density at radius 2 is 2.00 bits per heavy atom. The van der Waals surface area contributed by atoms with E-state index in [1.165, 1.54) is 16.6 Å². The molecule has 2 rings (SSSR count). The number of hydrogen-bond acceptors (Lipinski definition) is 7. The molecule has 8 heteroatoms. The Kier molecular flexibility index (Phi) is 6.56. The van der Waals surface area contributed by atoms with E-state index in [1.54, 1.807) is 11.3 Å². The molecule has 0 aliphatic carbocycles. The summed E-state index contributed by atoms with van der Waals surface area (Å²) in [6, 6.07) is 0. The molecule has 0 fully saturated rings. The first kappa shape index (κ1) is 18.7. The van der Waals surface area contributed by atoms with Crippen molar-refractivity contribution in [2.24, 2.45) is 0 Å². The van der Waals surface area contributed by atoms with Crippen molar-refractivity contribution >= 4 is 45.2 Å². The van der Waals surface area contributed by atoms with Crippen LogP contribution < -0.4 is 5.32 Å². The molecule has 0 atom stereocenters. The molecule has 0 bridgehead atoms. The average molecular weight is 367 g/mol. The Morgan fingerprint density at radius 3 is 2.71 bits per heavy atom. The van der Waals surface area contributed by atoms with Crippen molar-refractivity contribution in [1.82, 2.24) is 15.3 Å². The Balaban J connectivity index is 1.98. The van der Waals surface area contributed by atoms with Crippen LogP contribution in [-0.4, -0.2) is 40.7 Å². The normalized spacial score (nSPS) is 10.8. The number of esters is 1. The highest BCUT2D eigenvalue weighted by Crippen LogP contribution is 2.35. The van der Waals surface area contributed by atoms with Crippen LogP contribution in [-0.2, 0) is 14.3 Å². The fourth-order valence-electron chi connectivity index (χ4n) is 2.05. The first-order chi connectivity index (χ1) is 11.4. The lowest BCUT2D eigenvalue weighted by atomic mass is 10.2. The minimum atomic E-state index is -0.430. The van der Waals surface area contributed by atoms with Gasteiger partial charge in [-0.25, -0.2) is 9.97 Å². The fraction of sp³-hybridized carbons (Fsp3) is 0.500. The fourth-order valence-corrected chi connectivity index (χ4v) is 4.12. The summed E-state index contributed by atoms with van der Waals surface area (Å²) in [7, 11) is 0. The van der Waals surface area contributed by atoms with E-state index in [9.17, 15) is 9.59 Å². The number of rotatable bonds is 7.